The molecule has 2 rings (SSSR count). The monoisotopic (exact) mass is 340 g/mol. The Hall–Kier alpha value is -1.50. The summed E-state index contributed by atoms with van der Waals surface area (Å²) in [6.07, 6.45) is 0. The molecule has 0 unspecified atom stereocenters. The number of methoxy groups -OCH3 is 1. The van der Waals surface area contributed by atoms with Gasteiger partial charge in [-0.25, -0.2) is 0 Å². The first-order chi connectivity index (χ1) is 10.9. The molecule has 1 fully saturated rings. The summed E-state index contributed by atoms with van der Waals surface area (Å²) in [7, 11) is 7.46. The Morgan fingerprint density at radius 2 is 1.87 bits per heavy atom. The number of likely N-dealkylation sites (N-methyl/N-ethyl adjacent to an activating group) is 2. The lowest BCUT2D eigenvalue weighted by Gasteiger charge is -2.23. The molecule has 0 bridgehead atoms. The first kappa shape index (κ1) is 17.8. The maximum absolute atomic E-state index is 12.7. The van der Waals surface area contributed by atoms with E-state index in [1.54, 1.807) is 26.3 Å². The second kappa shape index (κ2) is 7.86. The second-order valence-corrected chi connectivity index (χ2v) is 6.38. The van der Waals surface area contributed by atoms with E-state index in [0.29, 0.717) is 16.3 Å². The zero-order valence-electron chi connectivity index (χ0n) is 14.1. The average molecular weight is 341 g/mol. The summed E-state index contributed by atoms with van der Waals surface area (Å²) in [5, 5.41) is 6.57. The molecule has 1 amide bonds. The van der Waals surface area contributed by atoms with Gasteiger partial charge in [0.15, 0.2) is 0 Å². The van der Waals surface area contributed by atoms with E-state index in [4.69, 9.17) is 16.3 Å². The lowest BCUT2D eigenvalue weighted by atomic mass is 10.1. The molecule has 1 saturated heterocycles. The number of nitrogens with one attached hydrogen (secondary N) is 2. The van der Waals surface area contributed by atoms with Crippen LogP contribution in [0, 0.1) is 0 Å². The molecule has 6 nitrogen and oxygen atoms in total. The Morgan fingerprint density at radius 1 is 1.26 bits per heavy atom. The van der Waals surface area contributed by atoms with Gasteiger partial charge in [0.25, 0.3) is 5.91 Å². The predicted molar refractivity (Wildman–Crippen MR) is 93.8 cm³/mol. The maximum atomic E-state index is 12.7. The number of benzene rings is 1. The summed E-state index contributed by atoms with van der Waals surface area (Å²) >= 11 is 6.20. The summed E-state index contributed by atoms with van der Waals surface area (Å²) in [4.78, 5) is 17.1. The van der Waals surface area contributed by atoms with E-state index in [0.717, 1.165) is 31.9 Å². The van der Waals surface area contributed by atoms with Gasteiger partial charge in [-0.1, -0.05) is 11.6 Å². The van der Waals surface area contributed by atoms with Gasteiger partial charge in [-0.2, -0.15) is 0 Å². The molecule has 1 heterocycles. The highest BCUT2D eigenvalue weighted by Gasteiger charge is 2.23. The molecule has 23 heavy (non-hydrogen) atoms. The van der Waals surface area contributed by atoms with Crippen LogP contribution in [-0.2, 0) is 0 Å². The van der Waals surface area contributed by atoms with Crippen molar-refractivity contribution in [3.8, 4) is 5.75 Å². The molecule has 7 heteroatoms. The lowest BCUT2D eigenvalue weighted by molar-refractivity contribution is 0.0923. The number of carbonyl (C=O) groups excluding carboxylic acids is 1. The number of amides is 1. The van der Waals surface area contributed by atoms with E-state index in [2.05, 4.69) is 34.5 Å². The summed E-state index contributed by atoms with van der Waals surface area (Å²) in [5.74, 6) is 0.340. The molecule has 0 spiro atoms. The van der Waals surface area contributed by atoms with Gasteiger partial charge in [0.2, 0.25) is 0 Å². The van der Waals surface area contributed by atoms with Gasteiger partial charge < -0.3 is 25.2 Å². The molecule has 128 valence electrons. The van der Waals surface area contributed by atoms with E-state index in [9.17, 15) is 4.79 Å². The zero-order chi connectivity index (χ0) is 17.0. The van der Waals surface area contributed by atoms with Gasteiger partial charge in [0, 0.05) is 39.3 Å². The van der Waals surface area contributed by atoms with Gasteiger partial charge in [-0.3, -0.25) is 4.79 Å². The van der Waals surface area contributed by atoms with Gasteiger partial charge in [0.05, 0.1) is 29.4 Å². The molecular formula is C16H25ClN4O2. The molecule has 1 aliphatic heterocycles. The molecular weight excluding hydrogens is 316 g/mol. The van der Waals surface area contributed by atoms with Crippen molar-refractivity contribution >= 4 is 23.2 Å². The Bertz CT molecular complexity index is 555. The minimum absolute atomic E-state index is 0.0625. The van der Waals surface area contributed by atoms with Gasteiger partial charge in [0.1, 0.15) is 5.75 Å². The van der Waals surface area contributed by atoms with Gasteiger partial charge in [-0.15, -0.1) is 0 Å². The number of anilines is 1. The van der Waals surface area contributed by atoms with Crippen molar-refractivity contribution in [1.29, 1.82) is 0 Å². The Morgan fingerprint density at radius 3 is 2.39 bits per heavy atom. The van der Waals surface area contributed by atoms with Crippen molar-refractivity contribution in [2.45, 2.75) is 6.04 Å². The lowest BCUT2D eigenvalue weighted by Crippen LogP contribution is -2.45. The van der Waals surface area contributed by atoms with E-state index in [1.807, 2.05) is 0 Å². The fourth-order valence-electron chi connectivity index (χ4n) is 2.78. The van der Waals surface area contributed by atoms with Crippen molar-refractivity contribution < 1.29 is 9.53 Å². The van der Waals surface area contributed by atoms with E-state index >= 15 is 0 Å². The largest absolute Gasteiger partial charge is 0.496 e. The molecule has 2 N–H and O–H groups in total. The van der Waals surface area contributed by atoms with Crippen LogP contribution in [0.3, 0.4) is 0 Å². The number of carbonyl (C=O) groups is 1. The van der Waals surface area contributed by atoms with Crippen LogP contribution in [0.4, 0.5) is 5.69 Å². The molecule has 0 saturated carbocycles. The van der Waals surface area contributed by atoms with Crippen LogP contribution in [0.15, 0.2) is 12.1 Å². The molecule has 1 aliphatic rings. The number of hydrogen-bond donors (Lipinski definition) is 2. The third kappa shape index (κ3) is 4.50. The number of halogens is 1. The minimum atomic E-state index is -0.167. The van der Waals surface area contributed by atoms with Crippen LogP contribution in [0.1, 0.15) is 10.4 Å². The fourth-order valence-corrected chi connectivity index (χ4v) is 3.04. The second-order valence-electron chi connectivity index (χ2n) is 5.98. The molecule has 1 aromatic carbocycles. The number of ether oxygens (including phenoxy) is 1. The molecule has 1 aromatic rings. The Balaban J connectivity index is 2.18. The summed E-state index contributed by atoms with van der Waals surface area (Å²) in [6, 6.07) is 3.45. The molecule has 0 radical (unpaired) electrons. The topological polar surface area (TPSA) is 56.8 Å². The smallest absolute Gasteiger partial charge is 0.255 e. The maximum Gasteiger partial charge on any atom is 0.255 e. The van der Waals surface area contributed by atoms with Crippen molar-refractivity contribution in [1.82, 2.24) is 15.1 Å². The highest BCUT2D eigenvalue weighted by atomic mass is 35.5. The van der Waals surface area contributed by atoms with Crippen LogP contribution < -0.4 is 15.4 Å². The average Bonchev–Trinajstić information content (AvgIpc) is 2.67. The van der Waals surface area contributed by atoms with Crippen molar-refractivity contribution in [3.63, 3.8) is 0 Å². The number of rotatable bonds is 4. The third-order valence-electron chi connectivity index (χ3n) is 4.07. The Kier molecular flexibility index (Phi) is 6.10. The van der Waals surface area contributed by atoms with Crippen LogP contribution >= 0.6 is 11.6 Å². The highest BCUT2D eigenvalue weighted by molar-refractivity contribution is 6.33. The Labute approximate surface area is 142 Å². The van der Waals surface area contributed by atoms with Gasteiger partial charge >= 0.3 is 0 Å². The SMILES string of the molecule is CNc1cc(OC)c(C(=O)NC2CN(C)CCN(C)C2)cc1Cl. The zero-order valence-corrected chi connectivity index (χ0v) is 14.9. The van der Waals surface area contributed by atoms with Crippen molar-refractivity contribution in [2.75, 3.05) is 59.7 Å². The summed E-state index contributed by atoms with van der Waals surface area (Å²) in [5.41, 5.74) is 1.18. The normalized spacial score (nSPS) is 17.6. The van der Waals surface area contributed by atoms with Crippen LogP contribution in [0.5, 0.6) is 5.75 Å². The summed E-state index contributed by atoms with van der Waals surface area (Å²) < 4.78 is 5.34. The third-order valence-corrected chi connectivity index (χ3v) is 4.38. The predicted octanol–water partition coefficient (Wildman–Crippen LogP) is 1.37. The van der Waals surface area contributed by atoms with E-state index in [-0.39, 0.29) is 11.9 Å². The fraction of sp³-hybridized carbons (Fsp3) is 0.562. The van der Waals surface area contributed by atoms with Crippen molar-refractivity contribution in [3.05, 3.63) is 22.7 Å². The highest BCUT2D eigenvalue weighted by Crippen LogP contribution is 2.30. The quantitative estimate of drug-likeness (QED) is 0.867. The van der Waals surface area contributed by atoms with Crippen LogP contribution in [0.25, 0.3) is 0 Å². The number of hydrogen-bond acceptors (Lipinski definition) is 5. The number of nitrogens with zero attached hydrogens (tertiary/aromatic N) is 2. The van der Waals surface area contributed by atoms with E-state index in [1.165, 1.54) is 0 Å². The van der Waals surface area contributed by atoms with E-state index < -0.39 is 0 Å². The first-order valence-electron chi connectivity index (χ1n) is 7.67. The first-order valence-corrected chi connectivity index (χ1v) is 8.05. The standard InChI is InChI=1S/C16H25ClN4O2/c1-18-14-8-15(23-4)12(7-13(14)17)16(22)19-11-9-20(2)5-6-21(3)10-11/h7-8,11,18H,5-6,9-10H2,1-4H3,(H,19,22). The minimum Gasteiger partial charge on any atom is -0.496 e. The van der Waals surface area contributed by atoms with Crippen molar-refractivity contribution in [2.24, 2.45) is 0 Å². The van der Waals surface area contributed by atoms with Crippen LogP contribution in [-0.4, -0.2) is 76.2 Å². The molecule has 0 aliphatic carbocycles. The molecule has 0 aromatic heterocycles. The molecule has 0 atom stereocenters. The van der Waals surface area contributed by atoms with Gasteiger partial charge in [-0.05, 0) is 20.2 Å². The van der Waals surface area contributed by atoms with Crippen LogP contribution in [0.2, 0.25) is 5.02 Å². The summed E-state index contributed by atoms with van der Waals surface area (Å²) in [6.45, 7) is 3.63.